The Labute approximate surface area is 710 Å². The van der Waals surface area contributed by atoms with E-state index in [0.717, 1.165) is 154 Å². The van der Waals surface area contributed by atoms with Crippen molar-refractivity contribution in [3.05, 3.63) is 36.5 Å². The summed E-state index contributed by atoms with van der Waals surface area (Å²) in [5, 5.41) is 102. The van der Waals surface area contributed by atoms with E-state index in [1.165, 1.54) is 148 Å². The predicted molar refractivity (Wildman–Crippen MR) is 458 cm³/mol. The van der Waals surface area contributed by atoms with Crippen LogP contribution >= 0.6 is 7.82 Å². The molecule has 10 N–H and O–H groups in total. The van der Waals surface area contributed by atoms with Crippen molar-refractivity contribution in [1.82, 2.24) is 0 Å². The molecule has 1 aliphatic carbocycles. The normalized spacial score (nSPS) is 25.1. The Morgan fingerprint density at radius 2 is 0.636 bits per heavy atom. The van der Waals surface area contributed by atoms with E-state index in [-0.39, 0.29) is 25.7 Å². The first-order chi connectivity index (χ1) is 57.2. The first-order valence-electron chi connectivity index (χ1n) is 47.2. The molecule has 3 rings (SSSR count). The van der Waals surface area contributed by atoms with Gasteiger partial charge >= 0.3 is 31.7 Å². The van der Waals surface area contributed by atoms with Crippen molar-refractivity contribution in [2.45, 2.75) is 498 Å². The van der Waals surface area contributed by atoms with Crippen molar-refractivity contribution >= 4 is 31.7 Å². The van der Waals surface area contributed by atoms with Crippen molar-refractivity contribution in [2.75, 3.05) is 26.4 Å². The van der Waals surface area contributed by atoms with Crippen LogP contribution in [0.15, 0.2) is 36.5 Å². The lowest BCUT2D eigenvalue weighted by Gasteiger charge is -2.50. The molecule has 1 saturated carbocycles. The maximum Gasteiger partial charge on any atom is 0.472 e. The van der Waals surface area contributed by atoms with Crippen LogP contribution in [0.2, 0.25) is 0 Å². The van der Waals surface area contributed by atoms with Gasteiger partial charge in [0.1, 0.15) is 92.6 Å². The second-order valence-corrected chi connectivity index (χ2v) is 34.9. The minimum absolute atomic E-state index is 0.00740. The van der Waals surface area contributed by atoms with Crippen molar-refractivity contribution in [3.63, 3.8) is 0 Å². The van der Waals surface area contributed by atoms with Crippen LogP contribution in [0.1, 0.15) is 394 Å². The summed E-state index contributed by atoms with van der Waals surface area (Å²) < 4.78 is 73.4. The fraction of sp³-hybridized carbons (Fsp3) is 0.891. The van der Waals surface area contributed by atoms with Gasteiger partial charge in [-0.3, -0.25) is 28.2 Å². The number of phosphoric acid groups is 1. The van der Waals surface area contributed by atoms with Gasteiger partial charge in [-0.05, 0) is 103 Å². The zero-order valence-corrected chi connectivity index (χ0v) is 74.4. The molecule has 2 saturated heterocycles. The minimum atomic E-state index is -5.81. The van der Waals surface area contributed by atoms with Crippen molar-refractivity contribution < 1.29 is 122 Å². The number of phosphoric ester groups is 1. The molecule has 118 heavy (non-hydrogen) atoms. The Morgan fingerprint density at radius 1 is 0.331 bits per heavy atom. The average molecular weight is 1700 g/mol. The zero-order chi connectivity index (χ0) is 86.1. The molecule has 0 aromatic carbocycles. The number of carbonyl (C=O) groups is 4. The van der Waals surface area contributed by atoms with Gasteiger partial charge < -0.3 is 88.7 Å². The molecular formula is C92H167O25P. The standard InChI is InChI=1S/C92H167O25P/c1-5-9-13-17-21-25-29-33-36-39-43-46-50-54-58-62-66-77(96)111-72(69-108-75(94)64-60-56-52-48-45-41-37-34-30-26-22-18-14-10-6-2)70-110-118(106,107)117-90-88(115-91-85(104)81(100)79(98)73(68-93)112-91)84(103)83(102)87(114-78(97)67-63-59-55-51-47-42-38-35-31-27-23-19-15-11-7-3)89(90)116-92-86(105)82(101)80(99)74(113-92)71-109-76(95)65-61-57-53-49-44-40-32-28-24-20-16-12-8-4/h26-27,30-31,40,44,72-74,79-93,98-105H,5-25,28-29,32-39,41-43,45-71H2,1-4H3,(H,106,107)/b30-26-,31-27-,44-40-. The number of rotatable bonds is 76. The number of ether oxygens (including phenoxy) is 8. The number of aliphatic hydroxyl groups is 9. The highest BCUT2D eigenvalue weighted by molar-refractivity contribution is 7.47. The van der Waals surface area contributed by atoms with E-state index in [1.807, 2.05) is 0 Å². The smallest absolute Gasteiger partial charge is 0.463 e. The van der Waals surface area contributed by atoms with E-state index in [2.05, 4.69) is 64.2 Å². The first kappa shape index (κ1) is 109. The quantitative estimate of drug-likeness (QED) is 0.00889. The zero-order valence-electron chi connectivity index (χ0n) is 73.5. The van der Waals surface area contributed by atoms with Gasteiger partial charge in [0.25, 0.3) is 0 Å². The van der Waals surface area contributed by atoms with Gasteiger partial charge in [0.15, 0.2) is 24.8 Å². The Hall–Kier alpha value is -3.31. The highest BCUT2D eigenvalue weighted by Crippen LogP contribution is 2.49. The number of carbonyl (C=O) groups excluding carboxylic acids is 4. The Kier molecular flexibility index (Phi) is 65.4. The molecular weight excluding hydrogens is 1540 g/mol. The SMILES string of the molecule is CCCCCC/C=C\CCCCCCCCCC(=O)OCC(COP(=O)(O)OC1C(OC2OC(CO)C(O)C(O)C2O)C(O)C(O)C(OC(=O)CCCCCCCCC/C=C\CCCCCC)C1OC1OC(COC(=O)CCCCC/C=C\CCCCCCCC)C(O)C(O)C1O)OC(=O)CCCCCCCCCCCCCCCCCC. The number of aliphatic hydroxyl groups excluding tert-OH is 9. The lowest BCUT2D eigenvalue weighted by Crippen LogP contribution is -2.70. The van der Waals surface area contributed by atoms with Gasteiger partial charge in [-0.15, -0.1) is 0 Å². The molecule has 2 heterocycles. The molecule has 0 amide bonds. The number of esters is 4. The van der Waals surface area contributed by atoms with Crippen LogP contribution in [-0.2, 0) is 70.7 Å². The molecule has 0 aromatic heterocycles. The topological polar surface area (TPSA) is 380 Å². The Bertz CT molecular complexity index is 2600. The van der Waals surface area contributed by atoms with Crippen molar-refractivity contribution in [3.8, 4) is 0 Å². The minimum Gasteiger partial charge on any atom is -0.463 e. The van der Waals surface area contributed by atoms with Crippen molar-refractivity contribution in [2.24, 2.45) is 0 Å². The maximum absolute atomic E-state index is 14.9. The molecule has 2 aliphatic heterocycles. The largest absolute Gasteiger partial charge is 0.472 e. The molecule has 3 fully saturated rings. The first-order valence-corrected chi connectivity index (χ1v) is 48.7. The fourth-order valence-corrected chi connectivity index (χ4v) is 16.3. The molecule has 25 nitrogen and oxygen atoms in total. The molecule has 26 heteroatoms. The van der Waals surface area contributed by atoms with Crippen molar-refractivity contribution in [1.29, 1.82) is 0 Å². The summed E-state index contributed by atoms with van der Waals surface area (Å²) in [4.78, 5) is 66.5. The molecule has 0 aromatic rings. The van der Waals surface area contributed by atoms with E-state index in [4.69, 9.17) is 46.9 Å². The number of unbranched alkanes of at least 4 members (excludes halogenated alkanes) is 46. The van der Waals surface area contributed by atoms with Gasteiger partial charge in [0, 0.05) is 25.7 Å². The van der Waals surface area contributed by atoms with Gasteiger partial charge in [-0.1, -0.05) is 302 Å². The molecule has 3 aliphatic rings. The summed E-state index contributed by atoms with van der Waals surface area (Å²) in [5.74, 6) is -2.99. The third-order valence-corrected chi connectivity index (χ3v) is 23.8. The van der Waals surface area contributed by atoms with Crippen LogP contribution in [0.3, 0.4) is 0 Å². The summed E-state index contributed by atoms with van der Waals surface area (Å²) in [6.07, 6.45) is 32.7. The van der Waals surface area contributed by atoms with E-state index in [0.29, 0.717) is 38.5 Å². The average Bonchev–Trinajstić information content (AvgIpc) is 0.754. The molecule has 0 radical (unpaired) electrons. The van der Waals surface area contributed by atoms with Crippen LogP contribution in [-0.4, -0.2) is 205 Å². The van der Waals surface area contributed by atoms with Gasteiger partial charge in [0.2, 0.25) is 0 Å². The van der Waals surface area contributed by atoms with Gasteiger partial charge in [0.05, 0.1) is 13.2 Å². The lowest BCUT2D eigenvalue weighted by molar-refractivity contribution is -0.360. The predicted octanol–water partition coefficient (Wildman–Crippen LogP) is 17.5. The number of hydrogen-bond donors (Lipinski definition) is 10. The summed E-state index contributed by atoms with van der Waals surface area (Å²) in [7, 11) is -5.81. The van der Waals surface area contributed by atoms with Gasteiger partial charge in [-0.25, -0.2) is 4.57 Å². The van der Waals surface area contributed by atoms with Crippen LogP contribution in [0.4, 0.5) is 0 Å². The Balaban J connectivity index is 1.92. The third-order valence-electron chi connectivity index (χ3n) is 22.8. The molecule has 18 atom stereocenters. The van der Waals surface area contributed by atoms with Gasteiger partial charge in [-0.2, -0.15) is 0 Å². The highest BCUT2D eigenvalue weighted by atomic mass is 31.2. The Morgan fingerprint density at radius 3 is 1.03 bits per heavy atom. The molecule has 0 bridgehead atoms. The molecule has 690 valence electrons. The highest BCUT2D eigenvalue weighted by Gasteiger charge is 2.60. The monoisotopic (exact) mass is 1700 g/mol. The summed E-state index contributed by atoms with van der Waals surface area (Å²) in [5.41, 5.74) is 0. The molecule has 18 unspecified atom stereocenters. The van der Waals surface area contributed by atoms with Crippen LogP contribution in [0.5, 0.6) is 0 Å². The molecule has 0 spiro atoms. The van der Waals surface area contributed by atoms with Crippen LogP contribution in [0, 0.1) is 0 Å². The van der Waals surface area contributed by atoms with E-state index >= 15 is 0 Å². The summed E-state index contributed by atoms with van der Waals surface area (Å²) >= 11 is 0. The van der Waals surface area contributed by atoms with Crippen LogP contribution in [0.25, 0.3) is 0 Å². The van der Waals surface area contributed by atoms with Crippen LogP contribution < -0.4 is 0 Å². The second kappa shape index (κ2) is 70.9. The van der Waals surface area contributed by atoms with E-state index in [1.54, 1.807) is 0 Å². The summed E-state index contributed by atoms with van der Waals surface area (Å²) in [6, 6.07) is 0. The fourth-order valence-electron chi connectivity index (χ4n) is 15.3. The lowest BCUT2D eigenvalue weighted by atomic mass is 9.84. The van der Waals surface area contributed by atoms with E-state index < -0.39 is 162 Å². The number of hydrogen-bond acceptors (Lipinski definition) is 24. The second-order valence-electron chi connectivity index (χ2n) is 33.5. The summed E-state index contributed by atoms with van der Waals surface area (Å²) in [6.45, 7) is 5.55. The van der Waals surface area contributed by atoms with E-state index in [9.17, 15) is 74.6 Å². The maximum atomic E-state index is 14.9. The third kappa shape index (κ3) is 50.6. The number of allylic oxidation sites excluding steroid dienone is 6.